The fraction of sp³-hybridized carbons (Fsp3) is 0.954. The monoisotopic (exact) mass is 1070 g/mol. The number of likely N-dealkylation sites (N-methyl/N-ethyl adjacent to an activating group) is 1. The lowest BCUT2D eigenvalue weighted by Gasteiger charge is -2.25. The number of phosphoric ester groups is 1. The Morgan fingerprint density at radius 1 is 0.446 bits per heavy atom. The third-order valence-electron chi connectivity index (χ3n) is 15.5. The fourth-order valence-electron chi connectivity index (χ4n) is 10.3. The van der Waals surface area contributed by atoms with Crippen molar-refractivity contribution in [2.45, 2.75) is 360 Å². The van der Waals surface area contributed by atoms with Crippen LogP contribution in [0, 0.1) is 0 Å². The van der Waals surface area contributed by atoms with E-state index in [0.29, 0.717) is 17.4 Å². The van der Waals surface area contributed by atoms with Gasteiger partial charge in [0.1, 0.15) is 13.2 Å². The number of amides is 1. The van der Waals surface area contributed by atoms with E-state index in [4.69, 9.17) is 9.05 Å². The number of unbranched alkanes of at least 4 members (excludes halogenated alkanes) is 49. The molecule has 0 aliphatic heterocycles. The van der Waals surface area contributed by atoms with Gasteiger partial charge in [0.05, 0.1) is 39.9 Å². The minimum Gasteiger partial charge on any atom is -0.387 e. The van der Waals surface area contributed by atoms with Gasteiger partial charge < -0.3 is 19.8 Å². The highest BCUT2D eigenvalue weighted by molar-refractivity contribution is 7.47. The van der Waals surface area contributed by atoms with Gasteiger partial charge in [-0.1, -0.05) is 334 Å². The molecule has 0 aromatic heterocycles. The minimum atomic E-state index is -4.35. The first-order valence-electron chi connectivity index (χ1n) is 33.1. The lowest BCUT2D eigenvalue weighted by atomic mass is 10.0. The number of phosphoric acid groups is 1. The van der Waals surface area contributed by atoms with Crippen LogP contribution in [0.1, 0.15) is 348 Å². The van der Waals surface area contributed by atoms with Crippen LogP contribution < -0.4 is 5.32 Å². The van der Waals surface area contributed by atoms with Crippen molar-refractivity contribution in [2.24, 2.45) is 0 Å². The molecule has 0 radical (unpaired) electrons. The molecule has 0 rings (SSSR count). The van der Waals surface area contributed by atoms with Gasteiger partial charge in [0.2, 0.25) is 5.91 Å². The molecular weight excluding hydrogens is 936 g/mol. The topological polar surface area (TPSA) is 105 Å². The van der Waals surface area contributed by atoms with Crippen molar-refractivity contribution in [3.05, 3.63) is 12.2 Å². The third kappa shape index (κ3) is 58.9. The first-order valence-corrected chi connectivity index (χ1v) is 34.6. The van der Waals surface area contributed by atoms with E-state index in [0.717, 1.165) is 32.1 Å². The third-order valence-corrected chi connectivity index (χ3v) is 16.5. The maximum absolute atomic E-state index is 13.0. The van der Waals surface area contributed by atoms with Crippen molar-refractivity contribution in [1.82, 2.24) is 5.32 Å². The van der Waals surface area contributed by atoms with Crippen LogP contribution in [-0.2, 0) is 18.4 Å². The average Bonchev–Trinajstić information content (AvgIpc) is 3.36. The Labute approximate surface area is 462 Å². The molecule has 0 aliphatic rings. The number of nitrogens with one attached hydrogen (secondary N) is 1. The Morgan fingerprint density at radius 2 is 0.716 bits per heavy atom. The van der Waals surface area contributed by atoms with Gasteiger partial charge >= 0.3 is 7.82 Å². The van der Waals surface area contributed by atoms with Crippen molar-refractivity contribution >= 4 is 13.7 Å². The van der Waals surface area contributed by atoms with E-state index < -0.39 is 20.0 Å². The van der Waals surface area contributed by atoms with E-state index in [1.807, 2.05) is 27.2 Å². The van der Waals surface area contributed by atoms with Crippen molar-refractivity contribution in [1.29, 1.82) is 0 Å². The lowest BCUT2D eigenvalue weighted by molar-refractivity contribution is -0.870. The zero-order valence-electron chi connectivity index (χ0n) is 50.6. The summed E-state index contributed by atoms with van der Waals surface area (Å²) in [6.07, 6.45) is 72.0. The molecule has 8 nitrogen and oxygen atoms in total. The van der Waals surface area contributed by atoms with Crippen molar-refractivity contribution in [3.8, 4) is 0 Å². The molecule has 0 spiro atoms. The fourth-order valence-corrected chi connectivity index (χ4v) is 11.1. The first-order chi connectivity index (χ1) is 36.0. The summed E-state index contributed by atoms with van der Waals surface area (Å²) in [4.78, 5) is 23.4. The number of quaternary nitrogens is 1. The maximum atomic E-state index is 13.0. The van der Waals surface area contributed by atoms with E-state index in [2.05, 4.69) is 19.2 Å². The number of carbonyl (C=O) groups is 1. The SMILES string of the molecule is CCCCCCCCCCCCCCCCCCCC/C=C/C(O)C(COP(=O)(O)OCC[N+](C)(C)C)NC(=O)CCCCCCCCCCCCCCCCCCCCCCCCCCCCCCCCCC. The molecule has 0 fully saturated rings. The summed E-state index contributed by atoms with van der Waals surface area (Å²) >= 11 is 0. The summed E-state index contributed by atoms with van der Waals surface area (Å²) < 4.78 is 23.8. The largest absolute Gasteiger partial charge is 0.472 e. The second kappa shape index (κ2) is 56.9. The lowest BCUT2D eigenvalue weighted by Crippen LogP contribution is -2.45. The van der Waals surface area contributed by atoms with Crippen LogP contribution in [-0.4, -0.2) is 73.4 Å². The second-order valence-electron chi connectivity index (χ2n) is 24.2. The number of aliphatic hydroxyl groups is 1. The van der Waals surface area contributed by atoms with Crippen molar-refractivity contribution in [2.75, 3.05) is 40.9 Å². The van der Waals surface area contributed by atoms with E-state index >= 15 is 0 Å². The van der Waals surface area contributed by atoms with Gasteiger partial charge in [0.15, 0.2) is 0 Å². The van der Waals surface area contributed by atoms with Crippen molar-refractivity contribution in [3.63, 3.8) is 0 Å². The number of hydrogen-bond acceptors (Lipinski definition) is 5. The predicted octanol–water partition coefficient (Wildman–Crippen LogP) is 20.6. The van der Waals surface area contributed by atoms with Gasteiger partial charge in [-0.15, -0.1) is 0 Å². The molecule has 0 heterocycles. The Hall–Kier alpha value is -0.760. The Kier molecular flexibility index (Phi) is 56.4. The highest BCUT2D eigenvalue weighted by Gasteiger charge is 2.28. The van der Waals surface area contributed by atoms with Crippen LogP contribution in [0.25, 0.3) is 0 Å². The van der Waals surface area contributed by atoms with Crippen LogP contribution in [0.4, 0.5) is 0 Å². The molecule has 74 heavy (non-hydrogen) atoms. The quantitative estimate of drug-likeness (QED) is 0.0243. The van der Waals surface area contributed by atoms with E-state index in [-0.39, 0.29) is 19.1 Å². The molecule has 0 saturated carbocycles. The Bertz CT molecular complexity index is 1210. The number of aliphatic hydroxyl groups excluding tert-OH is 1. The molecule has 9 heteroatoms. The molecule has 0 saturated heterocycles. The molecule has 442 valence electrons. The standard InChI is InChI=1S/C65H131N2O6P/c1-6-8-10-12-14-16-18-20-22-24-26-28-29-30-31-32-33-34-35-36-37-38-39-41-43-45-47-49-51-53-55-57-59-65(69)66-63(62-73-74(70,71)72-61-60-67(3,4)5)64(68)58-56-54-52-50-48-46-44-42-40-27-25-23-21-19-17-15-13-11-9-7-2/h56,58,63-64,68H,6-55,57,59-62H2,1-5H3,(H-,66,69,70,71)/p+1/b58-56+. The van der Waals surface area contributed by atoms with E-state index in [1.165, 1.54) is 295 Å². The molecule has 0 aliphatic carbocycles. The Balaban J connectivity index is 4.01. The zero-order chi connectivity index (χ0) is 54.2. The van der Waals surface area contributed by atoms with Gasteiger partial charge in [-0.05, 0) is 19.3 Å². The predicted molar refractivity (Wildman–Crippen MR) is 323 cm³/mol. The molecule has 3 N–H and O–H groups in total. The van der Waals surface area contributed by atoms with Gasteiger partial charge in [-0.25, -0.2) is 4.57 Å². The van der Waals surface area contributed by atoms with Crippen LogP contribution in [0.3, 0.4) is 0 Å². The van der Waals surface area contributed by atoms with E-state index in [1.54, 1.807) is 6.08 Å². The number of nitrogens with zero attached hydrogens (tertiary/aromatic N) is 1. The summed E-state index contributed by atoms with van der Waals surface area (Å²) in [7, 11) is 1.59. The number of allylic oxidation sites excluding steroid dienone is 1. The average molecular weight is 1070 g/mol. The summed E-state index contributed by atoms with van der Waals surface area (Å²) in [5, 5.41) is 14.0. The minimum absolute atomic E-state index is 0.0654. The molecular formula is C65H132N2O6P+. The summed E-state index contributed by atoms with van der Waals surface area (Å²) in [6.45, 7) is 4.88. The molecule has 1 amide bonds. The van der Waals surface area contributed by atoms with E-state index in [9.17, 15) is 19.4 Å². The highest BCUT2D eigenvalue weighted by Crippen LogP contribution is 2.43. The van der Waals surface area contributed by atoms with Crippen molar-refractivity contribution < 1.29 is 32.9 Å². The van der Waals surface area contributed by atoms with Gasteiger partial charge in [-0.2, -0.15) is 0 Å². The maximum Gasteiger partial charge on any atom is 0.472 e. The molecule has 0 bridgehead atoms. The smallest absolute Gasteiger partial charge is 0.387 e. The van der Waals surface area contributed by atoms with Gasteiger partial charge in [0, 0.05) is 6.42 Å². The number of carbonyl (C=O) groups excluding carboxylic acids is 1. The molecule has 0 aromatic rings. The first kappa shape index (κ1) is 73.2. The number of hydrogen-bond donors (Lipinski definition) is 3. The zero-order valence-corrected chi connectivity index (χ0v) is 51.5. The Morgan fingerprint density at radius 3 is 1.00 bits per heavy atom. The van der Waals surface area contributed by atoms with Crippen LogP contribution >= 0.6 is 7.82 Å². The summed E-state index contributed by atoms with van der Waals surface area (Å²) in [5.41, 5.74) is 0. The van der Waals surface area contributed by atoms with Gasteiger partial charge in [-0.3, -0.25) is 13.8 Å². The number of rotatable bonds is 62. The highest BCUT2D eigenvalue weighted by atomic mass is 31.2. The van der Waals surface area contributed by atoms with Crippen LogP contribution in [0.5, 0.6) is 0 Å². The normalized spacial score (nSPS) is 13.8. The molecule has 3 unspecified atom stereocenters. The van der Waals surface area contributed by atoms with Crippen LogP contribution in [0.15, 0.2) is 12.2 Å². The molecule has 0 aromatic carbocycles. The summed E-state index contributed by atoms with van der Waals surface area (Å²) in [6, 6.07) is -0.843. The van der Waals surface area contributed by atoms with Crippen LogP contribution in [0.2, 0.25) is 0 Å². The second-order valence-corrected chi connectivity index (χ2v) is 25.7. The van der Waals surface area contributed by atoms with Gasteiger partial charge in [0.25, 0.3) is 0 Å². The molecule has 3 atom stereocenters. The summed E-state index contributed by atoms with van der Waals surface area (Å²) in [5.74, 6) is -0.168.